The molecule has 0 bridgehead atoms. The molecular formula is C17H21NO4. The summed E-state index contributed by atoms with van der Waals surface area (Å²) in [5.74, 6) is 0.869. The molecule has 0 radical (unpaired) electrons. The number of rotatable bonds is 3. The fraction of sp³-hybridized carbons (Fsp3) is 0.588. The maximum atomic E-state index is 9.81. The third kappa shape index (κ3) is 2.43. The van der Waals surface area contributed by atoms with E-state index in [-0.39, 0.29) is 0 Å². The molecule has 3 rings (SSSR count). The van der Waals surface area contributed by atoms with Gasteiger partial charge in [-0.3, -0.25) is 0 Å². The van der Waals surface area contributed by atoms with Crippen molar-refractivity contribution in [1.29, 1.82) is 5.26 Å². The fourth-order valence-electron chi connectivity index (χ4n) is 3.44. The Morgan fingerprint density at radius 1 is 1.00 bits per heavy atom. The second-order valence-corrected chi connectivity index (χ2v) is 5.87. The lowest BCUT2D eigenvalue weighted by Crippen LogP contribution is -2.41. The monoisotopic (exact) mass is 303 g/mol. The van der Waals surface area contributed by atoms with E-state index < -0.39 is 11.2 Å². The van der Waals surface area contributed by atoms with Crippen LogP contribution in [0.25, 0.3) is 0 Å². The number of ether oxygens (including phenoxy) is 4. The first-order valence-corrected chi connectivity index (χ1v) is 7.59. The number of hydrogen-bond acceptors (Lipinski definition) is 5. The van der Waals surface area contributed by atoms with Crippen LogP contribution in [0.3, 0.4) is 0 Å². The summed E-state index contributed by atoms with van der Waals surface area (Å²) in [7, 11) is 3.22. The Balaban J connectivity index is 1.87. The molecule has 1 saturated carbocycles. The lowest BCUT2D eigenvalue weighted by molar-refractivity contribution is -0.182. The summed E-state index contributed by atoms with van der Waals surface area (Å²) in [5, 5.41) is 9.81. The molecule has 1 aliphatic heterocycles. The zero-order chi connectivity index (χ0) is 15.6. The predicted molar refractivity (Wildman–Crippen MR) is 79.9 cm³/mol. The molecule has 118 valence electrons. The van der Waals surface area contributed by atoms with Crippen LogP contribution < -0.4 is 9.47 Å². The van der Waals surface area contributed by atoms with Crippen molar-refractivity contribution in [2.75, 3.05) is 27.4 Å². The summed E-state index contributed by atoms with van der Waals surface area (Å²) in [4.78, 5) is 0. The van der Waals surface area contributed by atoms with Crippen molar-refractivity contribution in [3.63, 3.8) is 0 Å². The first-order chi connectivity index (χ1) is 10.7. The number of hydrogen-bond donors (Lipinski definition) is 0. The van der Waals surface area contributed by atoms with Crippen molar-refractivity contribution in [3.05, 3.63) is 23.8 Å². The van der Waals surface area contributed by atoms with E-state index in [0.29, 0.717) is 24.7 Å². The molecule has 22 heavy (non-hydrogen) atoms. The van der Waals surface area contributed by atoms with Crippen molar-refractivity contribution in [2.45, 2.75) is 36.9 Å². The van der Waals surface area contributed by atoms with Gasteiger partial charge in [0.15, 0.2) is 17.3 Å². The Kier molecular flexibility index (Phi) is 3.98. The van der Waals surface area contributed by atoms with Crippen molar-refractivity contribution in [3.8, 4) is 17.6 Å². The van der Waals surface area contributed by atoms with Crippen LogP contribution in [0, 0.1) is 11.3 Å². The highest BCUT2D eigenvalue weighted by atomic mass is 16.7. The molecule has 1 aromatic rings. The van der Waals surface area contributed by atoms with Crippen LogP contribution in [0.2, 0.25) is 0 Å². The largest absolute Gasteiger partial charge is 0.493 e. The molecule has 1 aliphatic carbocycles. The summed E-state index contributed by atoms with van der Waals surface area (Å²) in [6, 6.07) is 8.25. The average molecular weight is 303 g/mol. The average Bonchev–Trinajstić information content (AvgIpc) is 3.04. The molecule has 5 nitrogen and oxygen atoms in total. The van der Waals surface area contributed by atoms with E-state index >= 15 is 0 Å². The topological polar surface area (TPSA) is 60.7 Å². The van der Waals surface area contributed by atoms with Crippen LogP contribution >= 0.6 is 0 Å². The van der Waals surface area contributed by atoms with E-state index in [2.05, 4.69) is 6.07 Å². The Morgan fingerprint density at radius 3 is 2.18 bits per heavy atom. The molecule has 1 spiro atoms. The van der Waals surface area contributed by atoms with Gasteiger partial charge in [-0.25, -0.2) is 0 Å². The highest BCUT2D eigenvalue weighted by Gasteiger charge is 2.47. The van der Waals surface area contributed by atoms with Crippen molar-refractivity contribution >= 4 is 0 Å². The molecule has 1 saturated heterocycles. The van der Waals surface area contributed by atoms with Gasteiger partial charge in [-0.1, -0.05) is 6.07 Å². The van der Waals surface area contributed by atoms with Gasteiger partial charge in [-0.2, -0.15) is 5.26 Å². The first-order valence-electron chi connectivity index (χ1n) is 7.59. The third-order valence-electron chi connectivity index (χ3n) is 4.83. The lowest BCUT2D eigenvalue weighted by atomic mass is 9.68. The minimum Gasteiger partial charge on any atom is -0.493 e. The van der Waals surface area contributed by atoms with E-state index in [1.54, 1.807) is 14.2 Å². The molecular weight excluding hydrogens is 282 g/mol. The van der Waals surface area contributed by atoms with Gasteiger partial charge >= 0.3 is 0 Å². The quantitative estimate of drug-likeness (QED) is 0.859. The SMILES string of the molecule is COc1ccc(C2(C#N)CCC3(CC2)OCCO3)cc1OC. The van der Waals surface area contributed by atoms with Gasteiger partial charge in [0.1, 0.15) is 0 Å². The van der Waals surface area contributed by atoms with Gasteiger partial charge in [-0.15, -0.1) is 0 Å². The van der Waals surface area contributed by atoms with Gasteiger partial charge in [0.25, 0.3) is 0 Å². The van der Waals surface area contributed by atoms with Crippen LogP contribution in [0.15, 0.2) is 18.2 Å². The zero-order valence-corrected chi connectivity index (χ0v) is 13.1. The maximum absolute atomic E-state index is 9.81. The Labute approximate surface area is 130 Å². The van der Waals surface area contributed by atoms with Crippen LogP contribution in [0.4, 0.5) is 0 Å². The third-order valence-corrected chi connectivity index (χ3v) is 4.83. The Morgan fingerprint density at radius 2 is 1.64 bits per heavy atom. The number of methoxy groups -OCH3 is 2. The van der Waals surface area contributed by atoms with E-state index in [1.807, 2.05) is 18.2 Å². The minimum atomic E-state index is -0.514. The molecule has 1 aromatic carbocycles. The molecule has 0 aromatic heterocycles. The van der Waals surface area contributed by atoms with Crippen LogP contribution in [-0.4, -0.2) is 33.2 Å². The maximum Gasteiger partial charge on any atom is 0.168 e. The predicted octanol–water partition coefficient (Wildman–Crippen LogP) is 2.78. The second kappa shape index (κ2) is 5.79. The van der Waals surface area contributed by atoms with Crippen LogP contribution in [-0.2, 0) is 14.9 Å². The standard InChI is InChI=1S/C17H21NO4/c1-19-14-4-3-13(11-15(14)20-2)16(12-18)5-7-17(8-6-16)21-9-10-22-17/h3-4,11H,5-10H2,1-2H3. The molecule has 2 fully saturated rings. The smallest absolute Gasteiger partial charge is 0.168 e. The van der Waals surface area contributed by atoms with E-state index in [1.165, 1.54) is 0 Å². The Hall–Kier alpha value is -1.77. The summed E-state index contributed by atoms with van der Waals surface area (Å²) >= 11 is 0. The highest BCUT2D eigenvalue weighted by molar-refractivity contribution is 5.47. The van der Waals surface area contributed by atoms with E-state index in [9.17, 15) is 5.26 Å². The Bertz CT molecular complexity index is 577. The zero-order valence-electron chi connectivity index (χ0n) is 13.1. The van der Waals surface area contributed by atoms with Gasteiger partial charge in [-0.05, 0) is 30.5 Å². The van der Waals surface area contributed by atoms with Crippen molar-refractivity contribution in [1.82, 2.24) is 0 Å². The van der Waals surface area contributed by atoms with Crippen molar-refractivity contribution in [2.24, 2.45) is 0 Å². The van der Waals surface area contributed by atoms with Gasteiger partial charge < -0.3 is 18.9 Å². The number of nitrogens with zero attached hydrogens (tertiary/aromatic N) is 1. The second-order valence-electron chi connectivity index (χ2n) is 5.87. The molecule has 0 amide bonds. The molecule has 5 heteroatoms. The minimum absolute atomic E-state index is 0.461. The lowest BCUT2D eigenvalue weighted by Gasteiger charge is -2.40. The molecule has 0 atom stereocenters. The molecule has 0 unspecified atom stereocenters. The molecule has 1 heterocycles. The molecule has 0 N–H and O–H groups in total. The van der Waals surface area contributed by atoms with Crippen molar-refractivity contribution < 1.29 is 18.9 Å². The normalized spacial score (nSPS) is 22.2. The number of benzene rings is 1. The van der Waals surface area contributed by atoms with Gasteiger partial charge in [0.2, 0.25) is 0 Å². The van der Waals surface area contributed by atoms with Gasteiger partial charge in [0.05, 0.1) is 38.9 Å². The van der Waals surface area contributed by atoms with E-state index in [0.717, 1.165) is 31.2 Å². The van der Waals surface area contributed by atoms with Gasteiger partial charge in [0, 0.05) is 12.8 Å². The summed E-state index contributed by atoms with van der Waals surface area (Å²) in [6.07, 6.45) is 2.93. The number of nitriles is 1. The molecule has 2 aliphatic rings. The fourth-order valence-corrected chi connectivity index (χ4v) is 3.44. The first kappa shape index (κ1) is 15.1. The van der Waals surface area contributed by atoms with E-state index in [4.69, 9.17) is 18.9 Å². The summed E-state index contributed by atoms with van der Waals surface area (Å²) in [5.41, 5.74) is 0.459. The summed E-state index contributed by atoms with van der Waals surface area (Å²) in [6.45, 7) is 1.30. The summed E-state index contributed by atoms with van der Waals surface area (Å²) < 4.78 is 22.2. The van der Waals surface area contributed by atoms with Crippen LogP contribution in [0.5, 0.6) is 11.5 Å². The van der Waals surface area contributed by atoms with Crippen LogP contribution in [0.1, 0.15) is 31.2 Å². The highest BCUT2D eigenvalue weighted by Crippen LogP contribution is 2.47.